The Hall–Kier alpha value is -2.44. The highest BCUT2D eigenvalue weighted by atomic mass is 16.5. The van der Waals surface area contributed by atoms with Gasteiger partial charge in [0, 0.05) is 12.8 Å². The number of hydrogen-bond donors (Lipinski definition) is 3. The molecule has 0 rings (SSSR count). The van der Waals surface area contributed by atoms with Crippen LogP contribution in [0.3, 0.4) is 0 Å². The molecule has 0 heterocycles. The number of ether oxygens (including phenoxy) is 1. The number of rotatable bonds is 59. The van der Waals surface area contributed by atoms with Gasteiger partial charge in [0.25, 0.3) is 0 Å². The van der Waals surface area contributed by atoms with Gasteiger partial charge in [-0.2, -0.15) is 0 Å². The maximum Gasteiger partial charge on any atom is 0.305 e. The lowest BCUT2D eigenvalue weighted by molar-refractivity contribution is -0.143. The highest BCUT2D eigenvalue weighted by Gasteiger charge is 2.18. The van der Waals surface area contributed by atoms with Gasteiger partial charge in [0.2, 0.25) is 5.91 Å². The SMILES string of the molecule is CCC/C=C\C/C=C\CCCCCCCC(=O)OCCCCCCCCCCC/C=C\C/C=C\CCCCCCCCCC(=O)NC(CO)C(O)/C=C/CCCCCCCCCCCCCCCCCCCC. The molecule has 1 amide bonds. The lowest BCUT2D eigenvalue weighted by Crippen LogP contribution is -2.45. The number of carbonyl (C=O) groups excluding carboxylic acids is 2. The topological polar surface area (TPSA) is 95.9 Å². The summed E-state index contributed by atoms with van der Waals surface area (Å²) in [6.45, 7) is 4.84. The summed E-state index contributed by atoms with van der Waals surface area (Å²) < 4.78 is 5.46. The number of unbranched alkanes of at least 4 members (excludes halogenated alkanes) is 40. The fraction of sp³-hybridized carbons (Fsp3) is 0.821. The molecule has 0 radical (unpaired) electrons. The van der Waals surface area contributed by atoms with Crippen LogP contribution in [0.2, 0.25) is 0 Å². The number of amides is 1. The molecule has 0 aromatic heterocycles. The van der Waals surface area contributed by atoms with E-state index in [1.165, 1.54) is 231 Å². The first-order valence-electron chi connectivity index (χ1n) is 32.1. The van der Waals surface area contributed by atoms with Gasteiger partial charge in [-0.15, -0.1) is 0 Å². The van der Waals surface area contributed by atoms with Crippen molar-refractivity contribution in [2.75, 3.05) is 13.2 Å². The maximum absolute atomic E-state index is 12.5. The zero-order valence-electron chi connectivity index (χ0n) is 48.6. The minimum Gasteiger partial charge on any atom is -0.466 e. The van der Waals surface area contributed by atoms with E-state index in [0.717, 1.165) is 70.6 Å². The van der Waals surface area contributed by atoms with E-state index in [1.54, 1.807) is 6.08 Å². The summed E-state index contributed by atoms with van der Waals surface area (Å²) >= 11 is 0. The van der Waals surface area contributed by atoms with Crippen LogP contribution in [0.25, 0.3) is 0 Å². The Morgan fingerprint density at radius 1 is 0.384 bits per heavy atom. The third-order valence-electron chi connectivity index (χ3n) is 14.5. The molecular formula is C67H123NO5. The van der Waals surface area contributed by atoms with Crippen molar-refractivity contribution in [3.63, 3.8) is 0 Å². The molecule has 6 heteroatoms. The Labute approximate surface area is 454 Å². The summed E-state index contributed by atoms with van der Waals surface area (Å²) in [5.41, 5.74) is 0. The van der Waals surface area contributed by atoms with Gasteiger partial charge in [-0.25, -0.2) is 0 Å². The first-order chi connectivity index (χ1) is 36.0. The van der Waals surface area contributed by atoms with Gasteiger partial charge >= 0.3 is 5.97 Å². The normalized spacial score (nSPS) is 13.0. The predicted octanol–water partition coefficient (Wildman–Crippen LogP) is 20.3. The first kappa shape index (κ1) is 70.6. The summed E-state index contributed by atoms with van der Waals surface area (Å²) in [5.74, 6) is -0.0864. The Morgan fingerprint density at radius 2 is 0.712 bits per heavy atom. The van der Waals surface area contributed by atoms with E-state index in [-0.39, 0.29) is 18.5 Å². The highest BCUT2D eigenvalue weighted by molar-refractivity contribution is 5.76. The molecule has 73 heavy (non-hydrogen) atoms. The van der Waals surface area contributed by atoms with Gasteiger partial charge in [0.05, 0.1) is 25.4 Å². The van der Waals surface area contributed by atoms with Gasteiger partial charge in [0.15, 0.2) is 0 Å². The zero-order chi connectivity index (χ0) is 52.9. The molecule has 6 nitrogen and oxygen atoms in total. The predicted molar refractivity (Wildman–Crippen MR) is 319 cm³/mol. The van der Waals surface area contributed by atoms with Crippen LogP contribution in [0.1, 0.15) is 328 Å². The van der Waals surface area contributed by atoms with Crippen LogP contribution in [0.15, 0.2) is 60.8 Å². The standard InChI is InChI=1S/C67H123NO5/c1-3-5-7-9-11-13-15-17-18-19-20-26-29-32-36-39-43-47-51-55-59-65(70)64(63-69)68-66(71)60-56-52-48-44-40-37-33-30-27-24-22-21-23-25-28-31-34-38-42-46-50-54-58-62-73-67(72)61-57-53-49-45-41-35-16-14-12-10-8-6-4-2/h8,10,14,16,21,23-24,27,55,59,64-65,69-70H,3-7,9,11-13,15,17-20,22,25-26,28-54,56-58,60-63H2,1-2H3,(H,68,71)/b10-8-,16-14-,23-21-,27-24-,59-55+. The zero-order valence-corrected chi connectivity index (χ0v) is 48.6. The summed E-state index contributed by atoms with van der Waals surface area (Å²) in [4.78, 5) is 24.5. The molecule has 2 atom stereocenters. The third-order valence-corrected chi connectivity index (χ3v) is 14.5. The molecule has 0 bridgehead atoms. The van der Waals surface area contributed by atoms with Crippen LogP contribution in [0, 0.1) is 0 Å². The van der Waals surface area contributed by atoms with E-state index < -0.39 is 12.1 Å². The van der Waals surface area contributed by atoms with Gasteiger partial charge in [0.1, 0.15) is 0 Å². The van der Waals surface area contributed by atoms with E-state index in [4.69, 9.17) is 4.74 Å². The molecule has 0 spiro atoms. The average molecular weight is 1020 g/mol. The van der Waals surface area contributed by atoms with Crippen LogP contribution < -0.4 is 5.32 Å². The van der Waals surface area contributed by atoms with Gasteiger partial charge in [-0.05, 0) is 89.9 Å². The first-order valence-corrected chi connectivity index (χ1v) is 32.1. The van der Waals surface area contributed by atoms with Crippen LogP contribution in [-0.4, -0.2) is 47.4 Å². The largest absolute Gasteiger partial charge is 0.466 e. The Morgan fingerprint density at radius 3 is 1.10 bits per heavy atom. The molecular weight excluding hydrogens is 899 g/mol. The van der Waals surface area contributed by atoms with E-state index in [2.05, 4.69) is 67.8 Å². The third kappa shape index (κ3) is 58.7. The van der Waals surface area contributed by atoms with Crippen molar-refractivity contribution in [1.29, 1.82) is 0 Å². The number of aliphatic hydroxyl groups excluding tert-OH is 2. The lowest BCUT2D eigenvalue weighted by atomic mass is 10.0. The summed E-state index contributed by atoms with van der Waals surface area (Å²) in [6, 6.07) is -0.638. The van der Waals surface area contributed by atoms with E-state index >= 15 is 0 Å². The molecule has 0 aromatic carbocycles. The van der Waals surface area contributed by atoms with Crippen molar-refractivity contribution in [1.82, 2.24) is 5.32 Å². The molecule has 3 N–H and O–H groups in total. The fourth-order valence-corrected chi connectivity index (χ4v) is 9.59. The Balaban J connectivity index is 3.49. The van der Waals surface area contributed by atoms with Crippen LogP contribution in [0.5, 0.6) is 0 Å². The van der Waals surface area contributed by atoms with Crippen molar-refractivity contribution in [2.45, 2.75) is 341 Å². The Kier molecular flexibility index (Phi) is 60.0. The minimum absolute atomic E-state index is 0.00931. The molecule has 0 aliphatic rings. The number of hydrogen-bond acceptors (Lipinski definition) is 5. The van der Waals surface area contributed by atoms with Crippen molar-refractivity contribution in [3.8, 4) is 0 Å². The highest BCUT2D eigenvalue weighted by Crippen LogP contribution is 2.17. The molecule has 0 aliphatic heterocycles. The lowest BCUT2D eigenvalue weighted by Gasteiger charge is -2.20. The molecule has 0 saturated carbocycles. The smallest absolute Gasteiger partial charge is 0.305 e. The summed E-state index contributed by atoms with van der Waals surface area (Å²) in [6.07, 6.45) is 81.2. The maximum atomic E-state index is 12.5. The van der Waals surface area contributed by atoms with Crippen molar-refractivity contribution >= 4 is 11.9 Å². The fourth-order valence-electron chi connectivity index (χ4n) is 9.59. The second-order valence-electron chi connectivity index (χ2n) is 21.7. The molecule has 0 fully saturated rings. The van der Waals surface area contributed by atoms with Crippen LogP contribution in [-0.2, 0) is 14.3 Å². The van der Waals surface area contributed by atoms with E-state index in [9.17, 15) is 19.8 Å². The van der Waals surface area contributed by atoms with Gasteiger partial charge < -0.3 is 20.3 Å². The second kappa shape index (κ2) is 62.1. The van der Waals surface area contributed by atoms with E-state index in [1.807, 2.05) is 6.08 Å². The van der Waals surface area contributed by atoms with Crippen LogP contribution >= 0.6 is 0 Å². The number of esters is 1. The summed E-state index contributed by atoms with van der Waals surface area (Å²) in [5, 5.41) is 23.2. The molecule has 0 aliphatic carbocycles. The van der Waals surface area contributed by atoms with Crippen molar-refractivity contribution in [2.24, 2.45) is 0 Å². The number of allylic oxidation sites excluding steroid dienone is 9. The average Bonchev–Trinajstić information content (AvgIpc) is 3.39. The monoisotopic (exact) mass is 1020 g/mol. The molecule has 0 aromatic rings. The van der Waals surface area contributed by atoms with Crippen molar-refractivity contribution < 1.29 is 24.5 Å². The molecule has 0 saturated heterocycles. The minimum atomic E-state index is -0.853. The second-order valence-corrected chi connectivity index (χ2v) is 21.7. The number of nitrogens with one attached hydrogen (secondary N) is 1. The molecule has 426 valence electrons. The number of aliphatic hydroxyl groups is 2. The Bertz CT molecular complexity index is 1270. The van der Waals surface area contributed by atoms with Crippen LogP contribution in [0.4, 0.5) is 0 Å². The van der Waals surface area contributed by atoms with Gasteiger partial charge in [-0.1, -0.05) is 286 Å². The quantitative estimate of drug-likeness (QED) is 0.0320. The summed E-state index contributed by atoms with van der Waals surface area (Å²) in [7, 11) is 0. The molecule has 2 unspecified atom stereocenters. The number of carbonyl (C=O) groups is 2. The van der Waals surface area contributed by atoms with E-state index in [0.29, 0.717) is 19.4 Å². The van der Waals surface area contributed by atoms with Crippen molar-refractivity contribution in [3.05, 3.63) is 60.8 Å². The van der Waals surface area contributed by atoms with Gasteiger partial charge in [-0.3, -0.25) is 9.59 Å².